The van der Waals surface area contributed by atoms with E-state index in [2.05, 4.69) is 10.6 Å². The highest BCUT2D eigenvalue weighted by Gasteiger charge is 2.16. The molecule has 3 rings (SSSR count). The molecule has 0 aliphatic carbocycles. The zero-order valence-electron chi connectivity index (χ0n) is 14.2. The smallest absolute Gasteiger partial charge is 0.233 e. The first kappa shape index (κ1) is 17.9. The summed E-state index contributed by atoms with van der Waals surface area (Å²) in [6, 6.07) is 8.31. The van der Waals surface area contributed by atoms with Crippen LogP contribution in [0.4, 0.5) is 11.4 Å². The van der Waals surface area contributed by atoms with Gasteiger partial charge in [-0.05, 0) is 30.7 Å². The lowest BCUT2D eigenvalue weighted by molar-refractivity contribution is -0.123. The number of methoxy groups -OCH3 is 1. The number of halogens is 1. The van der Waals surface area contributed by atoms with E-state index in [1.807, 2.05) is 6.92 Å². The van der Waals surface area contributed by atoms with Crippen LogP contribution in [0.2, 0.25) is 5.02 Å². The molecule has 26 heavy (non-hydrogen) atoms. The standard InChI is InChI=1S/C18H17ClN2O5/c1-10-5-13(15(24-2)7-12(10)19)21-18(23)8-17(22)20-11-3-4-14-16(6-11)26-9-25-14/h3-7H,8-9H2,1-2H3,(H,20,22)(H,21,23). The monoisotopic (exact) mass is 376 g/mol. The molecule has 1 heterocycles. The zero-order valence-corrected chi connectivity index (χ0v) is 15.0. The number of rotatable bonds is 5. The van der Waals surface area contributed by atoms with Crippen molar-refractivity contribution in [1.82, 2.24) is 0 Å². The van der Waals surface area contributed by atoms with Crippen LogP contribution in [0.5, 0.6) is 17.2 Å². The van der Waals surface area contributed by atoms with Gasteiger partial charge in [-0.3, -0.25) is 9.59 Å². The number of amides is 2. The number of hydrogen-bond acceptors (Lipinski definition) is 5. The fraction of sp³-hybridized carbons (Fsp3) is 0.222. The summed E-state index contributed by atoms with van der Waals surface area (Å²) in [4.78, 5) is 24.3. The molecule has 0 atom stereocenters. The van der Waals surface area contributed by atoms with Crippen molar-refractivity contribution in [2.24, 2.45) is 0 Å². The highest BCUT2D eigenvalue weighted by Crippen LogP contribution is 2.34. The van der Waals surface area contributed by atoms with Crippen molar-refractivity contribution in [3.63, 3.8) is 0 Å². The van der Waals surface area contributed by atoms with Crippen LogP contribution in [0.25, 0.3) is 0 Å². The van der Waals surface area contributed by atoms with E-state index in [1.165, 1.54) is 7.11 Å². The van der Waals surface area contributed by atoms with E-state index >= 15 is 0 Å². The second-order valence-corrected chi connectivity index (χ2v) is 6.05. The minimum atomic E-state index is -0.469. The first-order valence-corrected chi connectivity index (χ1v) is 8.17. The van der Waals surface area contributed by atoms with Gasteiger partial charge in [0.2, 0.25) is 18.6 Å². The van der Waals surface area contributed by atoms with Crippen LogP contribution in [-0.2, 0) is 9.59 Å². The Bertz CT molecular complexity index is 869. The molecular formula is C18H17ClN2O5. The zero-order chi connectivity index (χ0) is 18.7. The number of benzene rings is 2. The van der Waals surface area contributed by atoms with Crippen LogP contribution in [0.1, 0.15) is 12.0 Å². The number of carbonyl (C=O) groups excluding carboxylic acids is 2. The van der Waals surface area contributed by atoms with E-state index in [1.54, 1.807) is 30.3 Å². The summed E-state index contributed by atoms with van der Waals surface area (Å²) < 4.78 is 15.7. The maximum absolute atomic E-state index is 12.2. The van der Waals surface area contributed by atoms with Gasteiger partial charge < -0.3 is 24.8 Å². The summed E-state index contributed by atoms with van der Waals surface area (Å²) in [6.07, 6.45) is -0.348. The average Bonchev–Trinajstić information content (AvgIpc) is 3.05. The summed E-state index contributed by atoms with van der Waals surface area (Å²) >= 11 is 6.04. The Morgan fingerprint density at radius 1 is 1.12 bits per heavy atom. The number of aryl methyl sites for hydroxylation is 1. The van der Waals surface area contributed by atoms with Gasteiger partial charge in [-0.2, -0.15) is 0 Å². The maximum atomic E-state index is 12.2. The lowest BCUT2D eigenvalue weighted by atomic mass is 10.2. The van der Waals surface area contributed by atoms with Crippen molar-refractivity contribution < 1.29 is 23.8 Å². The number of fused-ring (bicyclic) bond motifs is 1. The third kappa shape index (κ3) is 4.00. The number of ether oxygens (including phenoxy) is 3. The summed E-state index contributed by atoms with van der Waals surface area (Å²) in [7, 11) is 1.48. The molecule has 0 bridgehead atoms. The van der Waals surface area contributed by atoms with Gasteiger partial charge in [-0.25, -0.2) is 0 Å². The van der Waals surface area contributed by atoms with Crippen molar-refractivity contribution in [3.05, 3.63) is 40.9 Å². The van der Waals surface area contributed by atoms with Gasteiger partial charge >= 0.3 is 0 Å². The second kappa shape index (κ2) is 7.53. The van der Waals surface area contributed by atoms with Crippen LogP contribution in [0.15, 0.2) is 30.3 Å². The SMILES string of the molecule is COc1cc(Cl)c(C)cc1NC(=O)CC(=O)Nc1ccc2c(c1)OCO2. The molecule has 0 radical (unpaired) electrons. The number of anilines is 2. The summed E-state index contributed by atoms with van der Waals surface area (Å²) in [5, 5.41) is 5.84. The maximum Gasteiger partial charge on any atom is 0.233 e. The number of carbonyl (C=O) groups is 2. The molecule has 0 spiro atoms. The van der Waals surface area contributed by atoms with Gasteiger partial charge in [0.1, 0.15) is 12.2 Å². The van der Waals surface area contributed by atoms with Crippen LogP contribution in [0, 0.1) is 6.92 Å². The molecule has 2 N–H and O–H groups in total. The van der Waals surface area contributed by atoms with E-state index in [9.17, 15) is 9.59 Å². The lowest BCUT2D eigenvalue weighted by Crippen LogP contribution is -2.21. The fourth-order valence-electron chi connectivity index (χ4n) is 2.45. The molecule has 7 nitrogen and oxygen atoms in total. The molecular weight excluding hydrogens is 360 g/mol. The molecule has 136 valence electrons. The largest absolute Gasteiger partial charge is 0.495 e. The molecule has 0 saturated heterocycles. The highest BCUT2D eigenvalue weighted by atomic mass is 35.5. The van der Waals surface area contributed by atoms with Crippen molar-refractivity contribution in [3.8, 4) is 17.2 Å². The van der Waals surface area contributed by atoms with E-state index in [-0.39, 0.29) is 13.2 Å². The van der Waals surface area contributed by atoms with Gasteiger partial charge in [0, 0.05) is 22.8 Å². The summed E-state index contributed by atoms with van der Waals surface area (Å²) in [5.74, 6) is 0.666. The Morgan fingerprint density at radius 2 is 1.85 bits per heavy atom. The Labute approximate surface area is 155 Å². The molecule has 1 aliphatic heterocycles. The predicted octanol–water partition coefficient (Wildman–Crippen LogP) is 3.35. The summed E-state index contributed by atoms with van der Waals surface area (Å²) in [6.45, 7) is 1.96. The molecule has 0 unspecified atom stereocenters. The van der Waals surface area contributed by atoms with E-state index in [0.717, 1.165) is 5.56 Å². The molecule has 1 aliphatic rings. The molecule has 2 aromatic rings. The molecule has 8 heteroatoms. The van der Waals surface area contributed by atoms with E-state index < -0.39 is 11.8 Å². The number of hydrogen-bond donors (Lipinski definition) is 2. The third-order valence-corrected chi connectivity index (χ3v) is 4.14. The molecule has 0 fully saturated rings. The lowest BCUT2D eigenvalue weighted by Gasteiger charge is -2.12. The second-order valence-electron chi connectivity index (χ2n) is 5.64. The Kier molecular flexibility index (Phi) is 5.18. The first-order valence-electron chi connectivity index (χ1n) is 7.80. The molecule has 2 amide bonds. The van der Waals surface area contributed by atoms with Gasteiger partial charge in [0.15, 0.2) is 11.5 Å². The minimum Gasteiger partial charge on any atom is -0.495 e. The number of nitrogens with one attached hydrogen (secondary N) is 2. The summed E-state index contributed by atoms with van der Waals surface area (Å²) in [5.41, 5.74) is 1.76. The predicted molar refractivity (Wildman–Crippen MR) is 97.2 cm³/mol. The van der Waals surface area contributed by atoms with Crippen molar-refractivity contribution in [2.75, 3.05) is 24.5 Å². The van der Waals surface area contributed by atoms with Crippen LogP contribution < -0.4 is 24.8 Å². The van der Waals surface area contributed by atoms with Gasteiger partial charge in [0.25, 0.3) is 0 Å². The van der Waals surface area contributed by atoms with E-state index in [0.29, 0.717) is 33.6 Å². The molecule has 0 aromatic heterocycles. The van der Waals surface area contributed by atoms with Crippen LogP contribution in [0.3, 0.4) is 0 Å². The Balaban J connectivity index is 1.61. The van der Waals surface area contributed by atoms with E-state index in [4.69, 9.17) is 25.8 Å². The van der Waals surface area contributed by atoms with Gasteiger partial charge in [-0.1, -0.05) is 11.6 Å². The van der Waals surface area contributed by atoms with Gasteiger partial charge in [0.05, 0.1) is 12.8 Å². The molecule has 0 saturated carbocycles. The minimum absolute atomic E-state index is 0.150. The first-order chi connectivity index (χ1) is 12.5. The fourth-order valence-corrected chi connectivity index (χ4v) is 2.60. The van der Waals surface area contributed by atoms with Crippen LogP contribution in [-0.4, -0.2) is 25.7 Å². The highest BCUT2D eigenvalue weighted by molar-refractivity contribution is 6.31. The van der Waals surface area contributed by atoms with Gasteiger partial charge in [-0.15, -0.1) is 0 Å². The topological polar surface area (TPSA) is 85.9 Å². The van der Waals surface area contributed by atoms with Crippen molar-refractivity contribution >= 4 is 34.8 Å². The third-order valence-electron chi connectivity index (χ3n) is 3.73. The quantitative estimate of drug-likeness (QED) is 0.781. The molecule has 2 aromatic carbocycles. The average molecular weight is 377 g/mol. The van der Waals surface area contributed by atoms with Crippen LogP contribution >= 0.6 is 11.6 Å². The Hall–Kier alpha value is -2.93. The Morgan fingerprint density at radius 3 is 2.62 bits per heavy atom. The van der Waals surface area contributed by atoms with Crippen molar-refractivity contribution in [2.45, 2.75) is 13.3 Å². The van der Waals surface area contributed by atoms with Crippen molar-refractivity contribution in [1.29, 1.82) is 0 Å². The normalized spacial score (nSPS) is 11.8.